The highest BCUT2D eigenvalue weighted by molar-refractivity contribution is 5.44. The molecular formula is C13H16N4O. The molecule has 0 atom stereocenters. The van der Waals surface area contributed by atoms with E-state index in [1.807, 2.05) is 29.8 Å². The summed E-state index contributed by atoms with van der Waals surface area (Å²) in [5.41, 5.74) is 7.87. The summed E-state index contributed by atoms with van der Waals surface area (Å²) in [5.74, 6) is 0.973. The predicted octanol–water partition coefficient (Wildman–Crippen LogP) is 0.908. The van der Waals surface area contributed by atoms with Gasteiger partial charge in [-0.1, -0.05) is 12.1 Å². The second kappa shape index (κ2) is 4.10. The molecule has 1 aromatic carbocycles. The van der Waals surface area contributed by atoms with Crippen molar-refractivity contribution >= 4 is 5.69 Å². The van der Waals surface area contributed by atoms with Gasteiger partial charge in [0.1, 0.15) is 12.2 Å². The van der Waals surface area contributed by atoms with Crippen molar-refractivity contribution in [2.45, 2.75) is 11.8 Å². The zero-order valence-electron chi connectivity index (χ0n) is 10.3. The largest absolute Gasteiger partial charge is 0.399 e. The van der Waals surface area contributed by atoms with Gasteiger partial charge >= 0.3 is 0 Å². The summed E-state index contributed by atoms with van der Waals surface area (Å²) in [4.78, 5) is 0. The highest BCUT2D eigenvalue weighted by atomic mass is 16.5. The smallest absolute Gasteiger partial charge is 0.133 e. The number of benzene rings is 1. The molecule has 0 saturated carbocycles. The average Bonchev–Trinajstić information content (AvgIpc) is 2.69. The van der Waals surface area contributed by atoms with Gasteiger partial charge in [-0.05, 0) is 17.7 Å². The van der Waals surface area contributed by atoms with E-state index in [9.17, 15) is 0 Å². The van der Waals surface area contributed by atoms with Crippen molar-refractivity contribution in [2.24, 2.45) is 7.05 Å². The normalized spacial score (nSPS) is 17.4. The maximum atomic E-state index is 5.86. The monoisotopic (exact) mass is 244 g/mol. The molecule has 0 aliphatic carbocycles. The molecule has 1 fully saturated rings. The molecule has 1 aromatic heterocycles. The van der Waals surface area contributed by atoms with E-state index in [4.69, 9.17) is 10.5 Å². The Labute approximate surface area is 106 Å². The Balaban J connectivity index is 1.93. The maximum Gasteiger partial charge on any atom is 0.133 e. The number of anilines is 1. The zero-order valence-corrected chi connectivity index (χ0v) is 10.3. The van der Waals surface area contributed by atoms with Crippen molar-refractivity contribution in [2.75, 3.05) is 18.9 Å². The molecule has 94 valence electrons. The van der Waals surface area contributed by atoms with E-state index >= 15 is 0 Å². The Kier molecular flexibility index (Phi) is 2.56. The van der Waals surface area contributed by atoms with E-state index in [0.717, 1.165) is 17.9 Å². The van der Waals surface area contributed by atoms with Crippen molar-refractivity contribution in [3.8, 4) is 0 Å². The molecule has 0 bridgehead atoms. The first-order valence-electron chi connectivity index (χ1n) is 5.96. The Hall–Kier alpha value is -1.88. The number of aromatic nitrogens is 3. The van der Waals surface area contributed by atoms with Gasteiger partial charge < -0.3 is 15.0 Å². The fraction of sp³-hybridized carbons (Fsp3) is 0.385. The molecule has 5 heteroatoms. The van der Waals surface area contributed by atoms with Gasteiger partial charge in [0.05, 0.1) is 13.2 Å². The number of hydrogen-bond donors (Lipinski definition) is 1. The molecule has 2 N–H and O–H groups in total. The second-order valence-electron chi connectivity index (χ2n) is 4.93. The van der Waals surface area contributed by atoms with Gasteiger partial charge in [-0.15, -0.1) is 10.2 Å². The summed E-state index contributed by atoms with van der Waals surface area (Å²) in [6, 6.07) is 8.02. The Morgan fingerprint density at radius 3 is 2.83 bits per heavy atom. The van der Waals surface area contributed by atoms with Crippen molar-refractivity contribution in [3.05, 3.63) is 42.0 Å². The first-order chi connectivity index (χ1) is 8.70. The Bertz CT molecular complexity index is 560. The summed E-state index contributed by atoms with van der Waals surface area (Å²) in [7, 11) is 1.96. The van der Waals surface area contributed by atoms with Gasteiger partial charge in [-0.2, -0.15) is 0 Å². The third-order valence-electron chi connectivity index (χ3n) is 3.56. The highest BCUT2D eigenvalue weighted by Gasteiger charge is 2.41. The molecule has 0 unspecified atom stereocenters. The maximum absolute atomic E-state index is 5.86. The van der Waals surface area contributed by atoms with Crippen LogP contribution in [0.1, 0.15) is 11.4 Å². The van der Waals surface area contributed by atoms with Crippen LogP contribution >= 0.6 is 0 Å². The van der Waals surface area contributed by atoms with Crippen LogP contribution < -0.4 is 5.73 Å². The van der Waals surface area contributed by atoms with Crippen molar-refractivity contribution in [1.82, 2.24) is 14.8 Å². The third-order valence-corrected chi connectivity index (χ3v) is 3.56. The summed E-state index contributed by atoms with van der Waals surface area (Å²) in [6.45, 7) is 1.42. The van der Waals surface area contributed by atoms with Crippen LogP contribution in [-0.4, -0.2) is 28.0 Å². The van der Waals surface area contributed by atoms with Crippen LogP contribution in [0.5, 0.6) is 0 Å². The minimum Gasteiger partial charge on any atom is -0.399 e. The number of nitrogen functional groups attached to an aromatic ring is 1. The van der Waals surface area contributed by atoms with Gasteiger partial charge in [-0.25, -0.2) is 0 Å². The molecule has 1 aliphatic heterocycles. The summed E-state index contributed by atoms with van der Waals surface area (Å²) >= 11 is 0. The molecule has 3 rings (SSSR count). The van der Waals surface area contributed by atoms with E-state index in [0.29, 0.717) is 13.2 Å². The van der Waals surface area contributed by atoms with E-state index in [1.54, 1.807) is 6.33 Å². The summed E-state index contributed by atoms with van der Waals surface area (Å²) < 4.78 is 7.37. The lowest BCUT2D eigenvalue weighted by Crippen LogP contribution is -2.49. The molecule has 0 radical (unpaired) electrons. The molecule has 2 aromatic rings. The standard InChI is InChI=1S/C13H16N4O/c1-17-9-15-16-12(17)6-13(7-18-8-13)10-3-2-4-11(14)5-10/h2-5,9H,6-8,14H2,1H3. The Morgan fingerprint density at radius 1 is 1.44 bits per heavy atom. The van der Waals surface area contributed by atoms with E-state index < -0.39 is 0 Å². The van der Waals surface area contributed by atoms with E-state index in [2.05, 4.69) is 16.3 Å². The van der Waals surface area contributed by atoms with Crippen LogP contribution in [0.4, 0.5) is 5.69 Å². The third kappa shape index (κ3) is 1.76. The average molecular weight is 244 g/mol. The van der Waals surface area contributed by atoms with Crippen molar-refractivity contribution in [1.29, 1.82) is 0 Å². The van der Waals surface area contributed by atoms with Gasteiger partial charge in [0.15, 0.2) is 0 Å². The highest BCUT2D eigenvalue weighted by Crippen LogP contribution is 2.36. The number of hydrogen-bond acceptors (Lipinski definition) is 4. The van der Waals surface area contributed by atoms with Crippen molar-refractivity contribution < 1.29 is 4.74 Å². The van der Waals surface area contributed by atoms with Crippen LogP contribution in [-0.2, 0) is 23.6 Å². The molecule has 2 heterocycles. The molecule has 5 nitrogen and oxygen atoms in total. The second-order valence-corrected chi connectivity index (χ2v) is 4.93. The van der Waals surface area contributed by atoms with Gasteiger partial charge in [0.25, 0.3) is 0 Å². The molecular weight excluding hydrogens is 228 g/mol. The summed E-state index contributed by atoms with van der Waals surface area (Å²) in [6.07, 6.45) is 2.55. The number of aryl methyl sites for hydroxylation is 1. The molecule has 18 heavy (non-hydrogen) atoms. The van der Waals surface area contributed by atoms with E-state index in [-0.39, 0.29) is 5.41 Å². The molecule has 0 amide bonds. The fourth-order valence-corrected chi connectivity index (χ4v) is 2.36. The quantitative estimate of drug-likeness (QED) is 0.815. The Morgan fingerprint density at radius 2 is 2.28 bits per heavy atom. The summed E-state index contributed by atoms with van der Waals surface area (Å²) in [5, 5.41) is 8.08. The lowest BCUT2D eigenvalue weighted by atomic mass is 9.75. The van der Waals surface area contributed by atoms with Crippen LogP contribution in [0.15, 0.2) is 30.6 Å². The minimum absolute atomic E-state index is 0.00380. The minimum atomic E-state index is -0.00380. The van der Waals surface area contributed by atoms with Gasteiger partial charge in [-0.3, -0.25) is 0 Å². The van der Waals surface area contributed by atoms with Crippen LogP contribution in [0.3, 0.4) is 0 Å². The first kappa shape index (κ1) is 11.2. The van der Waals surface area contributed by atoms with Crippen LogP contribution in [0, 0.1) is 0 Å². The first-order valence-corrected chi connectivity index (χ1v) is 5.96. The number of nitrogens with two attached hydrogens (primary N) is 1. The number of nitrogens with zero attached hydrogens (tertiary/aromatic N) is 3. The lowest BCUT2D eigenvalue weighted by molar-refractivity contribution is -0.0610. The number of rotatable bonds is 3. The molecule has 0 spiro atoms. The zero-order chi connectivity index (χ0) is 12.6. The van der Waals surface area contributed by atoms with Gasteiger partial charge in [0, 0.05) is 24.6 Å². The molecule has 1 saturated heterocycles. The van der Waals surface area contributed by atoms with Gasteiger partial charge in [0.2, 0.25) is 0 Å². The molecule has 1 aliphatic rings. The van der Waals surface area contributed by atoms with Crippen LogP contribution in [0.2, 0.25) is 0 Å². The lowest BCUT2D eigenvalue weighted by Gasteiger charge is -2.41. The SMILES string of the molecule is Cn1cnnc1CC1(c2cccc(N)c2)COC1. The van der Waals surface area contributed by atoms with Crippen LogP contribution in [0.25, 0.3) is 0 Å². The van der Waals surface area contributed by atoms with Crippen molar-refractivity contribution in [3.63, 3.8) is 0 Å². The fourth-order valence-electron chi connectivity index (χ4n) is 2.36. The number of ether oxygens (including phenoxy) is 1. The topological polar surface area (TPSA) is 66.0 Å². The van der Waals surface area contributed by atoms with E-state index in [1.165, 1.54) is 5.56 Å². The predicted molar refractivity (Wildman–Crippen MR) is 68.1 cm³/mol.